The van der Waals surface area contributed by atoms with Gasteiger partial charge in [0, 0.05) is 19.6 Å². The monoisotopic (exact) mass is 270 g/mol. The van der Waals surface area contributed by atoms with Crippen LogP contribution in [-0.4, -0.2) is 26.3 Å². The molecule has 0 radical (unpaired) electrons. The third-order valence-corrected chi connectivity index (χ3v) is 4.83. The summed E-state index contributed by atoms with van der Waals surface area (Å²) in [5.41, 5.74) is 6.80. The summed E-state index contributed by atoms with van der Waals surface area (Å²) in [7, 11) is -1.79. The number of rotatable bonds is 6. The summed E-state index contributed by atoms with van der Waals surface area (Å²) in [4.78, 5) is 0.319. The lowest BCUT2D eigenvalue weighted by Crippen LogP contribution is -2.27. The average molecular weight is 270 g/mol. The fraction of sp³-hybridized carbons (Fsp3) is 0.538. The Bertz CT molecular complexity index is 486. The van der Waals surface area contributed by atoms with Crippen LogP contribution in [0.25, 0.3) is 0 Å². The number of nitrogens with two attached hydrogens (primary N) is 1. The molecule has 18 heavy (non-hydrogen) atoms. The van der Waals surface area contributed by atoms with Crippen molar-refractivity contribution in [3.8, 4) is 0 Å². The van der Waals surface area contributed by atoms with Gasteiger partial charge in [-0.05, 0) is 30.5 Å². The van der Waals surface area contributed by atoms with Gasteiger partial charge in [0.05, 0.1) is 4.90 Å². The fourth-order valence-electron chi connectivity index (χ4n) is 1.76. The molecule has 4 nitrogen and oxygen atoms in total. The van der Waals surface area contributed by atoms with E-state index in [9.17, 15) is 8.42 Å². The molecule has 0 aliphatic rings. The quantitative estimate of drug-likeness (QED) is 0.861. The van der Waals surface area contributed by atoms with Crippen LogP contribution in [0.1, 0.15) is 38.3 Å². The van der Waals surface area contributed by atoms with Gasteiger partial charge in [0.1, 0.15) is 0 Å². The first-order valence-corrected chi connectivity index (χ1v) is 7.69. The second-order valence-electron chi connectivity index (χ2n) is 4.41. The first-order valence-electron chi connectivity index (χ1n) is 6.25. The van der Waals surface area contributed by atoms with E-state index in [-0.39, 0.29) is 6.04 Å². The topological polar surface area (TPSA) is 63.4 Å². The standard InChI is InChI=1S/C13H22N2O2S/c1-4-9-15(3)18(16,17)12-8-6-7-11(10-12)13(14)5-2/h6-8,10,13H,4-5,9,14H2,1-3H3. The summed E-state index contributed by atoms with van der Waals surface area (Å²) in [5, 5.41) is 0. The fourth-order valence-corrected chi connectivity index (χ4v) is 3.07. The number of nitrogens with zero attached hydrogens (tertiary/aromatic N) is 1. The zero-order chi connectivity index (χ0) is 13.8. The minimum atomic E-state index is -3.39. The van der Waals surface area contributed by atoms with Gasteiger partial charge in [-0.15, -0.1) is 0 Å². The van der Waals surface area contributed by atoms with E-state index < -0.39 is 10.0 Å². The van der Waals surface area contributed by atoms with Gasteiger partial charge >= 0.3 is 0 Å². The van der Waals surface area contributed by atoms with Gasteiger partial charge in [0.15, 0.2) is 0 Å². The zero-order valence-corrected chi connectivity index (χ0v) is 12.1. The summed E-state index contributed by atoms with van der Waals surface area (Å²) in [6.07, 6.45) is 1.58. The maximum atomic E-state index is 12.3. The summed E-state index contributed by atoms with van der Waals surface area (Å²) in [6.45, 7) is 4.46. The summed E-state index contributed by atoms with van der Waals surface area (Å²) < 4.78 is 25.9. The van der Waals surface area contributed by atoms with Crippen molar-refractivity contribution in [1.82, 2.24) is 4.31 Å². The average Bonchev–Trinajstić information content (AvgIpc) is 2.38. The lowest BCUT2D eigenvalue weighted by atomic mass is 10.1. The van der Waals surface area contributed by atoms with Crippen molar-refractivity contribution in [3.05, 3.63) is 29.8 Å². The van der Waals surface area contributed by atoms with Crippen molar-refractivity contribution in [2.75, 3.05) is 13.6 Å². The normalized spacial score (nSPS) is 13.8. The van der Waals surface area contributed by atoms with Crippen molar-refractivity contribution >= 4 is 10.0 Å². The number of hydrogen-bond acceptors (Lipinski definition) is 3. The van der Waals surface area contributed by atoms with E-state index in [2.05, 4.69) is 0 Å². The van der Waals surface area contributed by atoms with Gasteiger partial charge in [0.25, 0.3) is 0 Å². The molecule has 1 atom stereocenters. The molecular formula is C13H22N2O2S. The van der Waals surface area contributed by atoms with Crippen molar-refractivity contribution in [2.45, 2.75) is 37.6 Å². The maximum absolute atomic E-state index is 12.3. The Labute approximate surface area is 110 Å². The van der Waals surface area contributed by atoms with Crippen LogP contribution in [0.5, 0.6) is 0 Å². The molecule has 0 amide bonds. The van der Waals surface area contributed by atoms with Crippen LogP contribution in [0.2, 0.25) is 0 Å². The van der Waals surface area contributed by atoms with Crippen LogP contribution in [0.4, 0.5) is 0 Å². The van der Waals surface area contributed by atoms with E-state index in [1.165, 1.54) is 4.31 Å². The smallest absolute Gasteiger partial charge is 0.242 e. The van der Waals surface area contributed by atoms with E-state index in [4.69, 9.17) is 5.73 Å². The minimum Gasteiger partial charge on any atom is -0.324 e. The van der Waals surface area contributed by atoms with Crippen molar-refractivity contribution in [2.24, 2.45) is 5.73 Å². The summed E-state index contributed by atoms with van der Waals surface area (Å²) in [5.74, 6) is 0. The van der Waals surface area contributed by atoms with Crippen LogP contribution in [0, 0.1) is 0 Å². The lowest BCUT2D eigenvalue weighted by molar-refractivity contribution is 0.468. The molecule has 0 aromatic heterocycles. The number of hydrogen-bond donors (Lipinski definition) is 1. The molecule has 1 aromatic carbocycles. The first kappa shape index (κ1) is 15.1. The Kier molecular flexibility index (Phi) is 5.31. The Morgan fingerprint density at radius 3 is 2.56 bits per heavy atom. The second-order valence-corrected chi connectivity index (χ2v) is 6.46. The lowest BCUT2D eigenvalue weighted by Gasteiger charge is -2.17. The molecule has 102 valence electrons. The number of sulfonamides is 1. The van der Waals surface area contributed by atoms with Crippen molar-refractivity contribution in [3.63, 3.8) is 0 Å². The Balaban J connectivity index is 3.10. The molecule has 0 aliphatic carbocycles. The van der Waals surface area contributed by atoms with Crippen LogP contribution in [0.3, 0.4) is 0 Å². The molecule has 0 bridgehead atoms. The van der Waals surface area contributed by atoms with Gasteiger partial charge in [0.2, 0.25) is 10.0 Å². The van der Waals surface area contributed by atoms with Gasteiger partial charge in [-0.2, -0.15) is 0 Å². The molecule has 0 fully saturated rings. The zero-order valence-electron chi connectivity index (χ0n) is 11.3. The molecule has 1 unspecified atom stereocenters. The molecule has 0 saturated carbocycles. The molecule has 0 saturated heterocycles. The molecule has 1 aromatic rings. The molecule has 0 aliphatic heterocycles. The summed E-state index contributed by atoms with van der Waals surface area (Å²) in [6, 6.07) is 6.80. The molecular weight excluding hydrogens is 248 g/mol. The van der Waals surface area contributed by atoms with E-state index in [0.29, 0.717) is 11.4 Å². The van der Waals surface area contributed by atoms with Crippen LogP contribution < -0.4 is 5.73 Å². The van der Waals surface area contributed by atoms with Gasteiger partial charge in [-0.1, -0.05) is 26.0 Å². The number of benzene rings is 1. The predicted octanol–water partition coefficient (Wildman–Crippen LogP) is 2.13. The minimum absolute atomic E-state index is 0.114. The SMILES string of the molecule is CCCN(C)S(=O)(=O)c1cccc(C(N)CC)c1. The van der Waals surface area contributed by atoms with Crippen molar-refractivity contribution < 1.29 is 8.42 Å². The van der Waals surface area contributed by atoms with E-state index in [1.807, 2.05) is 19.9 Å². The maximum Gasteiger partial charge on any atom is 0.242 e. The van der Waals surface area contributed by atoms with Crippen molar-refractivity contribution in [1.29, 1.82) is 0 Å². The highest BCUT2D eigenvalue weighted by atomic mass is 32.2. The Morgan fingerprint density at radius 1 is 1.33 bits per heavy atom. The third kappa shape index (κ3) is 3.31. The van der Waals surface area contributed by atoms with Gasteiger partial charge in [-0.3, -0.25) is 0 Å². The van der Waals surface area contributed by atoms with Crippen LogP contribution in [-0.2, 0) is 10.0 Å². The Morgan fingerprint density at radius 2 is 2.00 bits per heavy atom. The predicted molar refractivity (Wildman–Crippen MR) is 73.8 cm³/mol. The molecule has 5 heteroatoms. The highest BCUT2D eigenvalue weighted by molar-refractivity contribution is 7.89. The molecule has 2 N–H and O–H groups in total. The molecule has 1 rings (SSSR count). The Hall–Kier alpha value is -0.910. The van der Waals surface area contributed by atoms with Crippen LogP contribution >= 0.6 is 0 Å². The largest absolute Gasteiger partial charge is 0.324 e. The third-order valence-electron chi connectivity index (χ3n) is 2.97. The van der Waals surface area contributed by atoms with E-state index in [0.717, 1.165) is 18.4 Å². The second kappa shape index (κ2) is 6.31. The molecule has 0 spiro atoms. The highest BCUT2D eigenvalue weighted by Crippen LogP contribution is 2.20. The van der Waals surface area contributed by atoms with E-state index >= 15 is 0 Å². The van der Waals surface area contributed by atoms with Crippen LogP contribution in [0.15, 0.2) is 29.2 Å². The van der Waals surface area contributed by atoms with E-state index in [1.54, 1.807) is 25.2 Å². The van der Waals surface area contributed by atoms with Gasteiger partial charge < -0.3 is 5.73 Å². The molecule has 0 heterocycles. The first-order chi connectivity index (χ1) is 8.43. The highest BCUT2D eigenvalue weighted by Gasteiger charge is 2.20. The van der Waals surface area contributed by atoms with Gasteiger partial charge in [-0.25, -0.2) is 12.7 Å². The summed E-state index contributed by atoms with van der Waals surface area (Å²) >= 11 is 0.